The van der Waals surface area contributed by atoms with Crippen molar-refractivity contribution in [1.29, 1.82) is 0 Å². The minimum Gasteiger partial charge on any atom is -0.491 e. The van der Waals surface area contributed by atoms with Crippen LogP contribution in [0.3, 0.4) is 0 Å². The Labute approximate surface area is 104 Å². The number of nitro groups is 1. The number of ether oxygens (including phenoxy) is 1. The maximum atomic E-state index is 11.0. The number of nitro benzene ring substituents is 1. The van der Waals surface area contributed by atoms with Gasteiger partial charge in [0.15, 0.2) is 0 Å². The molecule has 1 aromatic carbocycles. The van der Waals surface area contributed by atoms with Crippen molar-refractivity contribution in [3.05, 3.63) is 33.9 Å². The highest BCUT2D eigenvalue weighted by Crippen LogP contribution is 2.23. The van der Waals surface area contributed by atoms with E-state index < -0.39 is 16.9 Å². The highest BCUT2D eigenvalue weighted by atomic mass is 16.6. The van der Waals surface area contributed by atoms with Crippen LogP contribution in [0.2, 0.25) is 0 Å². The summed E-state index contributed by atoms with van der Waals surface area (Å²) in [6, 6.07) is 3.66. The summed E-state index contributed by atoms with van der Waals surface area (Å²) in [5.74, 6) is -0.0286. The van der Waals surface area contributed by atoms with Crippen LogP contribution < -0.4 is 15.8 Å². The normalized spacial score (nSPS) is 11.9. The number of hydrogen-bond acceptors (Lipinski definition) is 5. The molecule has 1 unspecified atom stereocenters. The molecule has 0 bridgehead atoms. The fourth-order valence-electron chi connectivity index (χ4n) is 1.39. The largest absolute Gasteiger partial charge is 0.491 e. The second kappa shape index (κ2) is 5.97. The van der Waals surface area contributed by atoms with Crippen LogP contribution in [0.25, 0.3) is 0 Å². The van der Waals surface area contributed by atoms with E-state index in [9.17, 15) is 14.9 Å². The Balaban J connectivity index is 2.74. The van der Waals surface area contributed by atoms with Crippen LogP contribution in [-0.2, 0) is 4.79 Å². The monoisotopic (exact) mass is 253 g/mol. The number of rotatable bonds is 6. The molecule has 0 saturated heterocycles. The summed E-state index contributed by atoms with van der Waals surface area (Å²) in [4.78, 5) is 21.1. The minimum absolute atomic E-state index is 0.0000761. The number of nitrogens with zero attached hydrogens (tertiary/aromatic N) is 1. The summed E-state index contributed by atoms with van der Waals surface area (Å²) in [5.41, 5.74) is 5.77. The molecule has 0 saturated carbocycles. The molecule has 0 aromatic heterocycles. The Bertz CT molecular complexity index is 462. The van der Waals surface area contributed by atoms with Crippen molar-refractivity contribution >= 4 is 11.6 Å². The van der Waals surface area contributed by atoms with Crippen molar-refractivity contribution in [3.63, 3.8) is 0 Å². The molecular formula is C11H15N3O4. The molecule has 1 aromatic rings. The number of carbonyl (C=O) groups is 1. The molecule has 0 radical (unpaired) electrons. The van der Waals surface area contributed by atoms with Gasteiger partial charge in [-0.2, -0.15) is 0 Å². The summed E-state index contributed by atoms with van der Waals surface area (Å²) in [6.07, 6.45) is 0. The number of carbonyl (C=O) groups excluding carboxylic acids is 1. The van der Waals surface area contributed by atoms with E-state index in [0.29, 0.717) is 11.3 Å². The minimum atomic E-state index is -0.598. The van der Waals surface area contributed by atoms with E-state index in [4.69, 9.17) is 10.5 Å². The molecule has 3 N–H and O–H groups in total. The van der Waals surface area contributed by atoms with Crippen molar-refractivity contribution in [2.75, 3.05) is 13.7 Å². The van der Waals surface area contributed by atoms with Gasteiger partial charge in [0.05, 0.1) is 4.92 Å². The molecule has 0 aliphatic rings. The van der Waals surface area contributed by atoms with Gasteiger partial charge in [0, 0.05) is 12.1 Å². The standard InChI is InChI=1S/C11H15N3O4/c1-7-5-8(14(16)17)3-4-10(7)18-6-9(13-2)11(12)15/h3-5,9,13H,6H2,1-2H3,(H2,12,15). The van der Waals surface area contributed by atoms with Crippen LogP contribution in [0.4, 0.5) is 5.69 Å². The summed E-state index contributed by atoms with van der Waals surface area (Å²) in [6.45, 7) is 1.77. The molecule has 0 aliphatic carbocycles. The Morgan fingerprint density at radius 1 is 1.61 bits per heavy atom. The number of benzene rings is 1. The van der Waals surface area contributed by atoms with E-state index in [1.54, 1.807) is 14.0 Å². The molecule has 0 heterocycles. The SMILES string of the molecule is CNC(COc1ccc([N+](=O)[O-])cc1C)C(N)=O. The number of aryl methyl sites for hydroxylation is 1. The Morgan fingerprint density at radius 3 is 2.72 bits per heavy atom. The lowest BCUT2D eigenvalue weighted by atomic mass is 10.2. The number of nitrogens with two attached hydrogens (primary N) is 1. The summed E-state index contributed by atoms with van der Waals surface area (Å²) < 4.78 is 5.40. The molecule has 1 rings (SSSR count). The lowest BCUT2D eigenvalue weighted by molar-refractivity contribution is -0.384. The fourth-order valence-corrected chi connectivity index (χ4v) is 1.39. The van der Waals surface area contributed by atoms with Crippen molar-refractivity contribution in [1.82, 2.24) is 5.32 Å². The van der Waals surface area contributed by atoms with E-state index in [1.165, 1.54) is 18.2 Å². The van der Waals surface area contributed by atoms with Gasteiger partial charge in [0.2, 0.25) is 5.91 Å². The predicted octanol–water partition coefficient (Wildman–Crippen LogP) is 0.355. The van der Waals surface area contributed by atoms with Gasteiger partial charge in [0.1, 0.15) is 18.4 Å². The lowest BCUT2D eigenvalue weighted by Crippen LogP contribution is -2.43. The summed E-state index contributed by atoms with van der Waals surface area (Å²) >= 11 is 0. The van der Waals surface area contributed by atoms with Gasteiger partial charge in [-0.1, -0.05) is 0 Å². The van der Waals surface area contributed by atoms with Gasteiger partial charge in [0.25, 0.3) is 5.69 Å². The predicted molar refractivity (Wildman–Crippen MR) is 65.4 cm³/mol. The zero-order chi connectivity index (χ0) is 13.7. The summed E-state index contributed by atoms with van der Waals surface area (Å²) in [5, 5.41) is 13.3. The Hall–Kier alpha value is -2.15. The van der Waals surface area contributed by atoms with Crippen LogP contribution >= 0.6 is 0 Å². The van der Waals surface area contributed by atoms with Crippen LogP contribution in [0, 0.1) is 17.0 Å². The number of non-ortho nitro benzene ring substituents is 1. The number of amides is 1. The molecule has 0 fully saturated rings. The zero-order valence-electron chi connectivity index (χ0n) is 10.2. The van der Waals surface area contributed by atoms with Gasteiger partial charge in [-0.25, -0.2) is 0 Å². The topological polar surface area (TPSA) is 107 Å². The molecule has 7 nitrogen and oxygen atoms in total. The van der Waals surface area contributed by atoms with Crippen molar-refractivity contribution in [2.24, 2.45) is 5.73 Å². The Kier molecular flexibility index (Phi) is 4.61. The maximum Gasteiger partial charge on any atom is 0.269 e. The van der Waals surface area contributed by atoms with Gasteiger partial charge < -0.3 is 15.8 Å². The first kappa shape index (κ1) is 13.9. The molecule has 0 aliphatic heterocycles. The third-order valence-corrected chi connectivity index (χ3v) is 2.47. The fraction of sp³-hybridized carbons (Fsp3) is 0.364. The van der Waals surface area contributed by atoms with E-state index >= 15 is 0 Å². The average molecular weight is 253 g/mol. The molecule has 1 atom stereocenters. The van der Waals surface area contributed by atoms with Crippen LogP contribution in [0.1, 0.15) is 5.56 Å². The van der Waals surface area contributed by atoms with E-state index in [1.807, 2.05) is 0 Å². The molecule has 7 heteroatoms. The molecule has 0 spiro atoms. The van der Waals surface area contributed by atoms with Gasteiger partial charge in [-0.15, -0.1) is 0 Å². The number of hydrogen-bond donors (Lipinski definition) is 2. The van der Waals surface area contributed by atoms with Crippen LogP contribution in [0.5, 0.6) is 5.75 Å². The number of primary amides is 1. The van der Waals surface area contributed by atoms with E-state index in [-0.39, 0.29) is 12.3 Å². The lowest BCUT2D eigenvalue weighted by Gasteiger charge is -2.14. The first-order valence-electron chi connectivity index (χ1n) is 5.30. The van der Waals surface area contributed by atoms with Crippen molar-refractivity contribution < 1.29 is 14.5 Å². The molecular weight excluding hydrogens is 238 g/mol. The maximum absolute atomic E-state index is 11.0. The molecule has 98 valence electrons. The smallest absolute Gasteiger partial charge is 0.269 e. The quantitative estimate of drug-likeness (QED) is 0.562. The van der Waals surface area contributed by atoms with Crippen molar-refractivity contribution in [3.8, 4) is 5.75 Å². The second-order valence-electron chi connectivity index (χ2n) is 3.76. The third kappa shape index (κ3) is 3.42. The highest BCUT2D eigenvalue weighted by Gasteiger charge is 2.15. The van der Waals surface area contributed by atoms with Gasteiger partial charge >= 0.3 is 0 Å². The van der Waals surface area contributed by atoms with E-state index in [0.717, 1.165) is 0 Å². The summed E-state index contributed by atoms with van der Waals surface area (Å²) in [7, 11) is 1.60. The van der Waals surface area contributed by atoms with E-state index in [2.05, 4.69) is 5.32 Å². The van der Waals surface area contributed by atoms with Crippen molar-refractivity contribution in [2.45, 2.75) is 13.0 Å². The second-order valence-corrected chi connectivity index (χ2v) is 3.76. The van der Waals surface area contributed by atoms with Gasteiger partial charge in [-0.3, -0.25) is 14.9 Å². The highest BCUT2D eigenvalue weighted by molar-refractivity contribution is 5.80. The first-order valence-corrected chi connectivity index (χ1v) is 5.30. The molecule has 18 heavy (non-hydrogen) atoms. The third-order valence-electron chi connectivity index (χ3n) is 2.47. The number of likely N-dealkylation sites (N-methyl/N-ethyl adjacent to an activating group) is 1. The Morgan fingerprint density at radius 2 is 2.28 bits per heavy atom. The molecule has 1 amide bonds. The van der Waals surface area contributed by atoms with Crippen LogP contribution in [0.15, 0.2) is 18.2 Å². The zero-order valence-corrected chi connectivity index (χ0v) is 10.2. The first-order chi connectivity index (χ1) is 8.45. The average Bonchev–Trinajstić information content (AvgIpc) is 2.30. The number of nitrogens with one attached hydrogen (secondary N) is 1. The van der Waals surface area contributed by atoms with Crippen LogP contribution in [-0.4, -0.2) is 30.5 Å². The van der Waals surface area contributed by atoms with Gasteiger partial charge in [-0.05, 0) is 25.6 Å².